The number of nitriles is 1. The van der Waals surface area contributed by atoms with Gasteiger partial charge < -0.3 is 5.32 Å². The molecule has 0 atom stereocenters. The summed E-state index contributed by atoms with van der Waals surface area (Å²) in [6, 6.07) is 17.6. The zero-order chi connectivity index (χ0) is 18.4. The molecule has 0 spiro atoms. The summed E-state index contributed by atoms with van der Waals surface area (Å²) >= 11 is 0. The molecule has 0 unspecified atom stereocenters. The Kier molecular flexibility index (Phi) is 6.14. The van der Waals surface area contributed by atoms with Crippen LogP contribution in [0.5, 0.6) is 0 Å². The van der Waals surface area contributed by atoms with Gasteiger partial charge in [0.15, 0.2) is 0 Å². The first-order valence-corrected chi connectivity index (χ1v) is 8.53. The zero-order valence-electron chi connectivity index (χ0n) is 15.2. The summed E-state index contributed by atoms with van der Waals surface area (Å²) in [5.41, 5.74) is 4.05. The molecule has 128 valence electrons. The van der Waals surface area contributed by atoms with Gasteiger partial charge in [-0.3, -0.25) is 4.79 Å². The molecule has 0 bridgehead atoms. The van der Waals surface area contributed by atoms with E-state index in [1.54, 1.807) is 6.08 Å². The molecule has 3 nitrogen and oxygen atoms in total. The van der Waals surface area contributed by atoms with Crippen LogP contribution in [0, 0.1) is 11.3 Å². The number of amides is 1. The summed E-state index contributed by atoms with van der Waals surface area (Å²) < 4.78 is 0. The first kappa shape index (κ1) is 18.5. The summed E-state index contributed by atoms with van der Waals surface area (Å²) in [6.45, 7) is 8.50. The van der Waals surface area contributed by atoms with E-state index in [2.05, 4.69) is 33.0 Å². The zero-order valence-corrected chi connectivity index (χ0v) is 15.2. The maximum atomic E-state index is 12.3. The van der Waals surface area contributed by atoms with Gasteiger partial charge in [0, 0.05) is 5.69 Å². The van der Waals surface area contributed by atoms with Crippen LogP contribution in [0.2, 0.25) is 0 Å². The molecule has 1 N–H and O–H groups in total. The van der Waals surface area contributed by atoms with Crippen molar-refractivity contribution in [2.75, 3.05) is 5.32 Å². The van der Waals surface area contributed by atoms with Gasteiger partial charge in [0.25, 0.3) is 5.91 Å². The Morgan fingerprint density at radius 1 is 0.920 bits per heavy atom. The van der Waals surface area contributed by atoms with Gasteiger partial charge in [0.2, 0.25) is 0 Å². The predicted molar refractivity (Wildman–Crippen MR) is 103 cm³/mol. The van der Waals surface area contributed by atoms with E-state index >= 15 is 0 Å². The van der Waals surface area contributed by atoms with Gasteiger partial charge in [-0.1, -0.05) is 64.1 Å². The minimum Gasteiger partial charge on any atom is -0.321 e. The quantitative estimate of drug-likeness (QED) is 0.582. The molecule has 0 aliphatic heterocycles. The lowest BCUT2D eigenvalue weighted by Gasteiger charge is -2.08. The number of carbonyl (C=O) groups is 1. The number of nitrogens with one attached hydrogen (secondary N) is 1. The molecule has 0 saturated heterocycles. The number of rotatable bonds is 5. The Hall–Kier alpha value is -2.86. The molecule has 0 aliphatic rings. The third kappa shape index (κ3) is 5.06. The summed E-state index contributed by atoms with van der Waals surface area (Å²) in [5, 5.41) is 12.1. The van der Waals surface area contributed by atoms with Crippen LogP contribution in [0.25, 0.3) is 6.08 Å². The monoisotopic (exact) mass is 332 g/mol. The van der Waals surface area contributed by atoms with Gasteiger partial charge in [-0.2, -0.15) is 5.26 Å². The summed E-state index contributed by atoms with van der Waals surface area (Å²) in [4.78, 5) is 12.3. The highest BCUT2D eigenvalue weighted by Crippen LogP contribution is 2.19. The molecular formula is C22H24N2O. The molecule has 0 fully saturated rings. The van der Waals surface area contributed by atoms with E-state index in [0.717, 1.165) is 5.56 Å². The van der Waals surface area contributed by atoms with Crippen LogP contribution in [0.1, 0.15) is 56.2 Å². The Morgan fingerprint density at radius 3 is 1.84 bits per heavy atom. The highest BCUT2D eigenvalue weighted by atomic mass is 16.1. The average molecular weight is 332 g/mol. The molecule has 0 aliphatic carbocycles. The van der Waals surface area contributed by atoms with Crippen molar-refractivity contribution in [3.05, 3.63) is 70.8 Å². The van der Waals surface area contributed by atoms with Crippen molar-refractivity contribution in [2.45, 2.75) is 39.5 Å². The van der Waals surface area contributed by atoms with E-state index in [4.69, 9.17) is 0 Å². The number of benzene rings is 2. The molecule has 1 amide bonds. The predicted octanol–water partition coefficient (Wildman–Crippen LogP) is 5.48. The Morgan fingerprint density at radius 2 is 1.40 bits per heavy atom. The van der Waals surface area contributed by atoms with E-state index in [-0.39, 0.29) is 5.57 Å². The molecule has 0 radical (unpaired) electrons. The smallest absolute Gasteiger partial charge is 0.266 e. The lowest BCUT2D eigenvalue weighted by Crippen LogP contribution is -2.13. The van der Waals surface area contributed by atoms with Crippen molar-refractivity contribution in [3.63, 3.8) is 0 Å². The van der Waals surface area contributed by atoms with Crippen LogP contribution in [-0.2, 0) is 4.79 Å². The van der Waals surface area contributed by atoms with Crippen LogP contribution in [0.4, 0.5) is 5.69 Å². The lowest BCUT2D eigenvalue weighted by atomic mass is 10.0. The fraction of sp³-hybridized carbons (Fsp3) is 0.273. The summed E-state index contributed by atoms with van der Waals surface area (Å²) in [7, 11) is 0. The number of anilines is 1. The van der Waals surface area contributed by atoms with Crippen molar-refractivity contribution in [3.8, 4) is 6.07 Å². The van der Waals surface area contributed by atoms with Crippen molar-refractivity contribution in [2.24, 2.45) is 0 Å². The topological polar surface area (TPSA) is 52.9 Å². The SMILES string of the molecule is CC(C)c1ccc(/C=C(\C#N)C(=O)Nc2ccc(C(C)C)cc2)cc1. The fourth-order valence-electron chi connectivity index (χ4n) is 2.44. The van der Waals surface area contributed by atoms with E-state index < -0.39 is 5.91 Å². The van der Waals surface area contributed by atoms with Crippen molar-refractivity contribution in [1.29, 1.82) is 5.26 Å². The highest BCUT2D eigenvalue weighted by molar-refractivity contribution is 6.09. The molecule has 25 heavy (non-hydrogen) atoms. The third-order valence-corrected chi connectivity index (χ3v) is 4.11. The molecular weight excluding hydrogens is 308 g/mol. The number of hydrogen-bond donors (Lipinski definition) is 1. The second-order valence-corrected chi connectivity index (χ2v) is 6.72. The molecule has 2 aromatic carbocycles. The van der Waals surface area contributed by atoms with E-state index in [1.165, 1.54) is 11.1 Å². The Labute approximate surface area is 150 Å². The number of nitrogens with zero attached hydrogens (tertiary/aromatic N) is 1. The van der Waals surface area contributed by atoms with Gasteiger partial charge >= 0.3 is 0 Å². The van der Waals surface area contributed by atoms with Crippen molar-refractivity contribution < 1.29 is 4.79 Å². The normalized spacial score (nSPS) is 11.5. The first-order valence-electron chi connectivity index (χ1n) is 8.53. The van der Waals surface area contributed by atoms with Crippen LogP contribution in [-0.4, -0.2) is 5.91 Å². The summed E-state index contributed by atoms with van der Waals surface area (Å²) in [6.07, 6.45) is 1.61. The summed E-state index contributed by atoms with van der Waals surface area (Å²) in [5.74, 6) is 0.492. The van der Waals surface area contributed by atoms with Crippen LogP contribution < -0.4 is 5.32 Å². The van der Waals surface area contributed by atoms with Crippen LogP contribution in [0.15, 0.2) is 54.1 Å². The second kappa shape index (κ2) is 8.30. The minimum atomic E-state index is -0.396. The molecule has 3 heteroatoms. The molecule has 2 rings (SSSR count). The first-order chi connectivity index (χ1) is 11.9. The van der Waals surface area contributed by atoms with Crippen molar-refractivity contribution >= 4 is 17.7 Å². The van der Waals surface area contributed by atoms with E-state index in [9.17, 15) is 10.1 Å². The third-order valence-electron chi connectivity index (χ3n) is 4.11. The number of hydrogen-bond acceptors (Lipinski definition) is 2. The van der Waals surface area contributed by atoms with E-state index in [1.807, 2.05) is 54.6 Å². The van der Waals surface area contributed by atoms with Gasteiger partial charge in [0.1, 0.15) is 11.6 Å². The van der Waals surface area contributed by atoms with Crippen LogP contribution in [0.3, 0.4) is 0 Å². The number of carbonyl (C=O) groups excluding carboxylic acids is 1. The van der Waals surface area contributed by atoms with Crippen molar-refractivity contribution in [1.82, 2.24) is 0 Å². The minimum absolute atomic E-state index is 0.0882. The fourth-order valence-corrected chi connectivity index (χ4v) is 2.44. The molecule has 0 saturated carbocycles. The standard InChI is InChI=1S/C22H24N2O/c1-15(2)18-7-5-17(6-8-18)13-20(14-23)22(25)24-21-11-9-19(10-12-21)16(3)4/h5-13,15-16H,1-4H3,(H,24,25)/b20-13+. The largest absolute Gasteiger partial charge is 0.321 e. The second-order valence-electron chi connectivity index (χ2n) is 6.72. The van der Waals surface area contributed by atoms with Gasteiger partial charge in [-0.05, 0) is 46.7 Å². The average Bonchev–Trinajstić information content (AvgIpc) is 2.60. The van der Waals surface area contributed by atoms with Gasteiger partial charge in [-0.15, -0.1) is 0 Å². The molecule has 0 heterocycles. The molecule has 2 aromatic rings. The maximum Gasteiger partial charge on any atom is 0.266 e. The lowest BCUT2D eigenvalue weighted by molar-refractivity contribution is -0.112. The van der Waals surface area contributed by atoms with E-state index in [0.29, 0.717) is 17.5 Å². The molecule has 0 aromatic heterocycles. The van der Waals surface area contributed by atoms with Gasteiger partial charge in [-0.25, -0.2) is 0 Å². The Bertz CT molecular complexity index is 791. The maximum absolute atomic E-state index is 12.3. The highest BCUT2D eigenvalue weighted by Gasteiger charge is 2.10. The van der Waals surface area contributed by atoms with Gasteiger partial charge in [0.05, 0.1) is 0 Å². The van der Waals surface area contributed by atoms with Crippen LogP contribution >= 0.6 is 0 Å². The Balaban J connectivity index is 2.13.